The summed E-state index contributed by atoms with van der Waals surface area (Å²) in [6.45, 7) is 0. The van der Waals surface area contributed by atoms with Crippen molar-refractivity contribution in [3.05, 3.63) is 123 Å². The fraction of sp³-hybridized carbons (Fsp3) is 0.0588. The Morgan fingerprint density at radius 3 is 2.36 bits per heavy atom. The molecule has 6 rings (SSSR count). The van der Waals surface area contributed by atoms with Crippen molar-refractivity contribution < 1.29 is 35.5 Å². The van der Waals surface area contributed by atoms with Crippen LogP contribution in [0.15, 0.2) is 95.2 Å². The highest BCUT2D eigenvalue weighted by Gasteiger charge is 2.31. The fourth-order valence-electron chi connectivity index (χ4n) is 5.37. The number of halogens is 5. The number of fused-ring (bicyclic) bond motifs is 1. The monoisotopic (exact) mass is 694 g/mol. The lowest BCUT2D eigenvalue weighted by Gasteiger charge is -2.15. The minimum atomic E-state index is -4.57. The molecule has 47 heavy (non-hydrogen) atoms. The molecule has 0 N–H and O–H groups in total. The van der Waals surface area contributed by atoms with Crippen molar-refractivity contribution in [2.24, 2.45) is 0 Å². The molecule has 0 atom stereocenters. The third-order valence-electron chi connectivity index (χ3n) is 7.50. The van der Waals surface area contributed by atoms with Gasteiger partial charge in [-0.05, 0) is 65.5 Å². The molecule has 6 aromatic rings. The van der Waals surface area contributed by atoms with Crippen LogP contribution in [0.2, 0.25) is 5.02 Å². The number of hydrogen-bond donors (Lipinski definition) is 0. The molecular weight excluding hydrogens is 676 g/mol. The summed E-state index contributed by atoms with van der Waals surface area (Å²) in [4.78, 5) is 11.9. The number of rotatable bonds is 7. The lowest BCUT2D eigenvalue weighted by atomic mass is 9.96. The van der Waals surface area contributed by atoms with E-state index in [0.29, 0.717) is 11.1 Å². The number of methoxy groups -OCH3 is 1. The summed E-state index contributed by atoms with van der Waals surface area (Å²) >= 11 is 7.59. The van der Waals surface area contributed by atoms with Gasteiger partial charge in [-0.2, -0.15) is 5.26 Å². The number of nitriles is 1. The maximum atomic E-state index is 15.0. The first-order valence-corrected chi connectivity index (χ1v) is 16.3. The maximum absolute atomic E-state index is 15.0. The van der Waals surface area contributed by atoms with Crippen LogP contribution in [-0.2, 0) is 14.8 Å². The molecule has 0 saturated carbocycles. The first-order chi connectivity index (χ1) is 22.5. The van der Waals surface area contributed by atoms with Crippen molar-refractivity contribution in [2.45, 2.75) is 11.3 Å². The molecule has 0 bridgehead atoms. The summed E-state index contributed by atoms with van der Waals surface area (Å²) in [6, 6.07) is 19.8. The van der Waals surface area contributed by atoms with Gasteiger partial charge in [-0.3, -0.25) is 0 Å². The molecule has 2 heterocycles. The van der Waals surface area contributed by atoms with E-state index in [2.05, 4.69) is 10.8 Å². The molecule has 4 aromatic carbocycles. The maximum Gasteiger partial charge on any atom is 0.340 e. The van der Waals surface area contributed by atoms with E-state index in [1.165, 1.54) is 12.1 Å². The summed E-state index contributed by atoms with van der Waals surface area (Å²) < 4.78 is 91.0. The minimum absolute atomic E-state index is 0.00290. The molecule has 0 aliphatic heterocycles. The zero-order chi connectivity index (χ0) is 33.6. The third-order valence-corrected chi connectivity index (χ3v) is 10.4. The highest BCUT2D eigenvalue weighted by Crippen LogP contribution is 2.46. The predicted molar refractivity (Wildman–Crippen MR) is 171 cm³/mol. The Kier molecular flexibility index (Phi) is 8.40. The van der Waals surface area contributed by atoms with Crippen LogP contribution in [0.25, 0.3) is 44.4 Å². The number of carbonyl (C=O) groups excluding carboxylic acids is 1. The van der Waals surface area contributed by atoms with Gasteiger partial charge in [0.1, 0.15) is 22.6 Å². The molecule has 0 amide bonds. The number of hydrogen-bond acceptors (Lipinski definition) is 6. The van der Waals surface area contributed by atoms with Crippen molar-refractivity contribution in [3.63, 3.8) is 0 Å². The van der Waals surface area contributed by atoms with E-state index < -0.39 is 34.1 Å². The first kappa shape index (κ1) is 32.0. The minimum Gasteiger partial charge on any atom is -0.465 e. The van der Waals surface area contributed by atoms with Gasteiger partial charge in [0.2, 0.25) is 0 Å². The van der Waals surface area contributed by atoms with Crippen molar-refractivity contribution in [3.8, 4) is 39.6 Å². The van der Waals surface area contributed by atoms with Crippen LogP contribution in [0.3, 0.4) is 0 Å². The van der Waals surface area contributed by atoms with E-state index >= 15 is 4.39 Å². The molecule has 0 spiro atoms. The van der Waals surface area contributed by atoms with Gasteiger partial charge in [0.25, 0.3) is 16.4 Å². The van der Waals surface area contributed by atoms with Crippen molar-refractivity contribution in [2.75, 3.05) is 7.11 Å². The van der Waals surface area contributed by atoms with E-state index in [1.54, 1.807) is 29.6 Å². The second-order valence-corrected chi connectivity index (χ2v) is 13.3. The zero-order valence-corrected chi connectivity index (χ0v) is 26.4. The molecule has 13 heteroatoms. The molecule has 2 aromatic heterocycles. The standard InChI is InChI=1S/C34H19ClF4N2O4S2/c1-45-34(42)25-15-27(35)24(16-28(25)37)19-3-2-4-20(13-19)32-31(23-11-12-46-30(23)17-40)26-14-21(36)7-10-29(26)41(32)47(43,44)22-8-5-18(6-9-22)33(38)39/h2-16,33H,1H3. The highest BCUT2D eigenvalue weighted by molar-refractivity contribution is 7.90. The highest BCUT2D eigenvalue weighted by atomic mass is 35.5. The first-order valence-electron chi connectivity index (χ1n) is 13.6. The van der Waals surface area contributed by atoms with Gasteiger partial charge in [0.05, 0.1) is 28.8 Å². The van der Waals surface area contributed by atoms with Gasteiger partial charge in [-0.1, -0.05) is 41.9 Å². The van der Waals surface area contributed by atoms with Gasteiger partial charge < -0.3 is 4.74 Å². The predicted octanol–water partition coefficient (Wildman–Crippen LogP) is 9.47. The fourth-order valence-corrected chi connectivity index (χ4v) is 7.88. The summed E-state index contributed by atoms with van der Waals surface area (Å²) in [5.41, 5.74) is 0.648. The Balaban J connectivity index is 1.69. The molecule has 0 saturated heterocycles. The molecule has 0 fully saturated rings. The number of benzene rings is 4. The lowest BCUT2D eigenvalue weighted by molar-refractivity contribution is 0.0595. The SMILES string of the molecule is COC(=O)c1cc(Cl)c(-c2cccc(-c3c(-c4ccsc4C#N)c4cc(F)ccc4n3S(=O)(=O)c3ccc(C(F)F)cc3)c2)cc1F. The smallest absolute Gasteiger partial charge is 0.340 e. The number of ether oxygens (including phenoxy) is 1. The molecular formula is C34H19ClF4N2O4S2. The van der Waals surface area contributed by atoms with Gasteiger partial charge >= 0.3 is 5.97 Å². The summed E-state index contributed by atoms with van der Waals surface area (Å²) in [6.07, 6.45) is -2.83. The van der Waals surface area contributed by atoms with Crippen LogP contribution in [0.4, 0.5) is 17.6 Å². The third kappa shape index (κ3) is 5.56. The van der Waals surface area contributed by atoms with E-state index in [9.17, 15) is 31.6 Å². The van der Waals surface area contributed by atoms with E-state index in [1.807, 2.05) is 0 Å². The Hall–Kier alpha value is -4.96. The molecule has 0 aliphatic carbocycles. The molecule has 6 nitrogen and oxygen atoms in total. The topological polar surface area (TPSA) is 89.2 Å². The summed E-state index contributed by atoms with van der Waals surface area (Å²) in [7, 11) is -3.47. The van der Waals surface area contributed by atoms with Crippen LogP contribution < -0.4 is 0 Å². The summed E-state index contributed by atoms with van der Waals surface area (Å²) in [5.74, 6) is -2.50. The second kappa shape index (κ2) is 12.3. The molecule has 0 radical (unpaired) electrons. The number of esters is 1. The quantitative estimate of drug-likeness (QED) is 0.123. The van der Waals surface area contributed by atoms with Crippen LogP contribution in [0, 0.1) is 23.0 Å². The Labute approximate surface area is 274 Å². The van der Waals surface area contributed by atoms with E-state index in [4.69, 9.17) is 11.6 Å². The van der Waals surface area contributed by atoms with Gasteiger partial charge in [0.15, 0.2) is 0 Å². The number of aromatic nitrogens is 1. The average Bonchev–Trinajstić information content (AvgIpc) is 3.67. The van der Waals surface area contributed by atoms with Gasteiger partial charge in [-0.25, -0.2) is 34.7 Å². The van der Waals surface area contributed by atoms with Crippen LogP contribution in [0.5, 0.6) is 0 Å². The Morgan fingerprint density at radius 1 is 0.957 bits per heavy atom. The molecule has 236 valence electrons. The van der Waals surface area contributed by atoms with Crippen LogP contribution in [-0.4, -0.2) is 25.5 Å². The van der Waals surface area contributed by atoms with Crippen LogP contribution in [0.1, 0.15) is 27.2 Å². The number of thiophene rings is 1. The van der Waals surface area contributed by atoms with Crippen molar-refractivity contribution in [1.82, 2.24) is 3.97 Å². The summed E-state index contributed by atoms with van der Waals surface area (Å²) in [5, 5.41) is 11.7. The number of alkyl halides is 2. The van der Waals surface area contributed by atoms with Crippen molar-refractivity contribution >= 4 is 49.8 Å². The van der Waals surface area contributed by atoms with E-state index in [0.717, 1.165) is 70.9 Å². The normalized spacial score (nSPS) is 11.6. The Morgan fingerprint density at radius 2 is 1.68 bits per heavy atom. The van der Waals surface area contributed by atoms with Crippen molar-refractivity contribution in [1.29, 1.82) is 5.26 Å². The van der Waals surface area contributed by atoms with Crippen LogP contribution >= 0.6 is 22.9 Å². The number of carbonyl (C=O) groups is 1. The zero-order valence-electron chi connectivity index (χ0n) is 24.0. The average molecular weight is 695 g/mol. The number of nitrogens with zero attached hydrogens (tertiary/aromatic N) is 2. The Bertz CT molecular complexity index is 2360. The van der Waals surface area contributed by atoms with E-state index in [-0.39, 0.29) is 59.2 Å². The van der Waals surface area contributed by atoms with Gasteiger partial charge in [-0.15, -0.1) is 11.3 Å². The molecule has 0 unspecified atom stereocenters. The molecule has 0 aliphatic rings. The lowest BCUT2D eigenvalue weighted by Crippen LogP contribution is -2.14. The van der Waals surface area contributed by atoms with Gasteiger partial charge in [0, 0.05) is 38.2 Å². The second-order valence-electron chi connectivity index (χ2n) is 10.2. The largest absolute Gasteiger partial charge is 0.465 e.